The Morgan fingerprint density at radius 2 is 1.41 bits per heavy atom. The summed E-state index contributed by atoms with van der Waals surface area (Å²) >= 11 is 3.95. The number of rotatable bonds is 14. The lowest BCUT2D eigenvalue weighted by Crippen LogP contribution is -2.58. The molecule has 0 aliphatic rings. The smallest absolute Gasteiger partial charge is 0.326 e. The van der Waals surface area contributed by atoms with Gasteiger partial charge in [0.2, 0.25) is 17.7 Å². The number of hydrogen-bond acceptors (Lipinski definition) is 7. The molecule has 12 heteroatoms. The fraction of sp³-hybridized carbons (Fsp3) is 0.500. The second-order valence-corrected chi connectivity index (χ2v) is 8.59. The molecular formula is C22H32N4O7S. The van der Waals surface area contributed by atoms with E-state index in [4.69, 9.17) is 5.73 Å². The molecule has 4 unspecified atom stereocenters. The van der Waals surface area contributed by atoms with Gasteiger partial charge in [0, 0.05) is 12.2 Å². The highest BCUT2D eigenvalue weighted by Crippen LogP contribution is 2.08. The van der Waals surface area contributed by atoms with Crippen molar-refractivity contribution in [1.29, 1.82) is 0 Å². The van der Waals surface area contributed by atoms with Crippen molar-refractivity contribution in [2.75, 3.05) is 5.75 Å². The minimum absolute atomic E-state index is 0.0303. The van der Waals surface area contributed by atoms with Crippen LogP contribution in [0.5, 0.6) is 0 Å². The molecule has 0 bridgehead atoms. The van der Waals surface area contributed by atoms with Crippen LogP contribution < -0.4 is 21.7 Å². The van der Waals surface area contributed by atoms with Crippen molar-refractivity contribution in [2.45, 2.75) is 57.3 Å². The van der Waals surface area contributed by atoms with E-state index in [1.165, 1.54) is 0 Å². The zero-order chi connectivity index (χ0) is 25.8. The van der Waals surface area contributed by atoms with Crippen LogP contribution in [0.4, 0.5) is 0 Å². The summed E-state index contributed by atoms with van der Waals surface area (Å²) in [6, 6.07) is 3.61. The van der Waals surface area contributed by atoms with Crippen LogP contribution in [-0.2, 0) is 30.4 Å². The lowest BCUT2D eigenvalue weighted by molar-refractivity contribution is -0.143. The largest absolute Gasteiger partial charge is 0.481 e. The minimum atomic E-state index is -1.56. The van der Waals surface area contributed by atoms with Crippen LogP contribution in [0.25, 0.3) is 0 Å². The third kappa shape index (κ3) is 10.2. The number of nitrogens with two attached hydrogens (primary N) is 1. The van der Waals surface area contributed by atoms with E-state index in [2.05, 4.69) is 28.6 Å². The highest BCUT2D eigenvalue weighted by molar-refractivity contribution is 7.80. The molecule has 0 aliphatic heterocycles. The first-order valence-electron chi connectivity index (χ1n) is 10.7. The first-order chi connectivity index (χ1) is 15.9. The summed E-state index contributed by atoms with van der Waals surface area (Å²) in [5.74, 6) is -5.06. The highest BCUT2D eigenvalue weighted by atomic mass is 32.1. The van der Waals surface area contributed by atoms with Crippen molar-refractivity contribution in [3.63, 3.8) is 0 Å². The van der Waals surface area contributed by atoms with Crippen molar-refractivity contribution in [3.8, 4) is 0 Å². The van der Waals surface area contributed by atoms with Crippen LogP contribution >= 0.6 is 12.6 Å². The van der Waals surface area contributed by atoms with Crippen LogP contribution in [0.3, 0.4) is 0 Å². The summed E-state index contributed by atoms with van der Waals surface area (Å²) in [6.07, 6.45) is -0.624. The molecule has 188 valence electrons. The second kappa shape index (κ2) is 14.2. The molecule has 0 radical (unpaired) electrons. The molecule has 7 N–H and O–H groups in total. The number of amides is 3. The minimum Gasteiger partial charge on any atom is -0.481 e. The first-order valence-corrected chi connectivity index (χ1v) is 11.3. The van der Waals surface area contributed by atoms with E-state index in [0.717, 1.165) is 0 Å². The number of carbonyl (C=O) groups is 5. The van der Waals surface area contributed by atoms with Crippen molar-refractivity contribution in [1.82, 2.24) is 16.0 Å². The lowest BCUT2D eigenvalue weighted by atomic mass is 10.0. The van der Waals surface area contributed by atoms with Gasteiger partial charge in [0.15, 0.2) is 0 Å². The highest BCUT2D eigenvalue weighted by Gasteiger charge is 2.31. The maximum absolute atomic E-state index is 12.9. The van der Waals surface area contributed by atoms with Gasteiger partial charge in [-0.1, -0.05) is 44.2 Å². The summed E-state index contributed by atoms with van der Waals surface area (Å²) in [6.45, 7) is 3.63. The van der Waals surface area contributed by atoms with Crippen LogP contribution in [-0.4, -0.2) is 69.8 Å². The Balaban J connectivity index is 3.00. The maximum atomic E-state index is 12.9. The molecule has 11 nitrogen and oxygen atoms in total. The Labute approximate surface area is 203 Å². The quantitative estimate of drug-likeness (QED) is 0.169. The molecule has 0 aromatic heterocycles. The van der Waals surface area contributed by atoms with E-state index >= 15 is 0 Å². The van der Waals surface area contributed by atoms with E-state index in [-0.39, 0.29) is 24.5 Å². The fourth-order valence-corrected chi connectivity index (χ4v) is 3.21. The van der Waals surface area contributed by atoms with Gasteiger partial charge in [-0.3, -0.25) is 19.2 Å². The van der Waals surface area contributed by atoms with Crippen LogP contribution in [0.1, 0.15) is 32.3 Å². The SMILES string of the molecule is CC(C)CC(NC(=O)C(N)CS)C(=O)NC(CC(=O)O)C(=O)NC(Cc1ccccc1)C(=O)O. The van der Waals surface area contributed by atoms with Crippen LogP contribution in [0, 0.1) is 5.92 Å². The third-order valence-electron chi connectivity index (χ3n) is 4.78. The maximum Gasteiger partial charge on any atom is 0.326 e. The molecule has 0 spiro atoms. The molecule has 34 heavy (non-hydrogen) atoms. The average molecular weight is 497 g/mol. The average Bonchev–Trinajstić information content (AvgIpc) is 2.76. The molecule has 4 atom stereocenters. The molecule has 1 rings (SSSR count). The molecule has 3 amide bonds. The molecular weight excluding hydrogens is 464 g/mol. The Morgan fingerprint density at radius 1 is 0.882 bits per heavy atom. The van der Waals surface area contributed by atoms with Gasteiger partial charge in [0.05, 0.1) is 12.5 Å². The monoisotopic (exact) mass is 496 g/mol. The van der Waals surface area contributed by atoms with E-state index in [1.54, 1.807) is 30.3 Å². The van der Waals surface area contributed by atoms with Crippen molar-refractivity contribution < 1.29 is 34.2 Å². The van der Waals surface area contributed by atoms with Crippen molar-refractivity contribution in [2.24, 2.45) is 11.7 Å². The van der Waals surface area contributed by atoms with E-state index in [1.807, 2.05) is 13.8 Å². The standard InChI is InChI=1S/C22H32N4O7S/c1-12(2)8-15(24-19(29)14(23)11-34)20(30)25-16(10-18(27)28)21(31)26-17(22(32)33)9-13-6-4-3-5-7-13/h3-7,12,14-17,34H,8-11,23H2,1-2H3,(H,24,29)(H,25,30)(H,26,31)(H,27,28)(H,32,33). The predicted molar refractivity (Wildman–Crippen MR) is 127 cm³/mol. The Morgan fingerprint density at radius 3 is 1.91 bits per heavy atom. The molecule has 1 aromatic rings. The fourth-order valence-electron chi connectivity index (χ4n) is 3.04. The first kappa shape index (κ1) is 28.9. The number of nitrogens with one attached hydrogen (secondary N) is 3. The molecule has 0 saturated heterocycles. The zero-order valence-electron chi connectivity index (χ0n) is 19.1. The zero-order valence-corrected chi connectivity index (χ0v) is 20.0. The van der Waals surface area contributed by atoms with Crippen molar-refractivity contribution >= 4 is 42.3 Å². The number of carbonyl (C=O) groups excluding carboxylic acids is 3. The summed E-state index contributed by atoms with van der Waals surface area (Å²) in [5.41, 5.74) is 6.29. The molecule has 1 aromatic carbocycles. The summed E-state index contributed by atoms with van der Waals surface area (Å²) in [4.78, 5) is 60.8. The number of thiol groups is 1. The van der Waals surface area contributed by atoms with Gasteiger partial charge in [-0.25, -0.2) is 4.79 Å². The van der Waals surface area contributed by atoms with Gasteiger partial charge in [0.25, 0.3) is 0 Å². The van der Waals surface area contributed by atoms with E-state index < -0.39 is 60.2 Å². The van der Waals surface area contributed by atoms with E-state index in [9.17, 15) is 34.2 Å². The number of carboxylic acids is 2. The Hall–Kier alpha value is -3.12. The van der Waals surface area contributed by atoms with Gasteiger partial charge in [-0.2, -0.15) is 12.6 Å². The predicted octanol–water partition coefficient (Wildman–Crippen LogP) is -0.454. The molecule has 0 heterocycles. The van der Waals surface area contributed by atoms with Crippen LogP contribution in [0.15, 0.2) is 30.3 Å². The number of benzene rings is 1. The van der Waals surface area contributed by atoms with Gasteiger partial charge in [-0.15, -0.1) is 0 Å². The summed E-state index contributed by atoms with van der Waals surface area (Å²) in [7, 11) is 0. The summed E-state index contributed by atoms with van der Waals surface area (Å²) < 4.78 is 0. The van der Waals surface area contributed by atoms with Crippen molar-refractivity contribution in [3.05, 3.63) is 35.9 Å². The van der Waals surface area contributed by atoms with E-state index in [0.29, 0.717) is 5.56 Å². The molecule has 0 fully saturated rings. The lowest BCUT2D eigenvalue weighted by Gasteiger charge is -2.25. The second-order valence-electron chi connectivity index (χ2n) is 8.23. The number of aliphatic carboxylic acids is 2. The number of carboxylic acid groups (broad SMARTS) is 2. The van der Waals surface area contributed by atoms with Crippen LogP contribution in [0.2, 0.25) is 0 Å². The van der Waals surface area contributed by atoms with Gasteiger partial charge in [0.1, 0.15) is 18.1 Å². The normalized spacial score (nSPS) is 14.4. The van der Waals surface area contributed by atoms with Gasteiger partial charge < -0.3 is 31.9 Å². The Kier molecular flexibility index (Phi) is 12.1. The van der Waals surface area contributed by atoms with Gasteiger partial charge >= 0.3 is 11.9 Å². The van der Waals surface area contributed by atoms with Gasteiger partial charge in [-0.05, 0) is 17.9 Å². The molecule has 0 saturated carbocycles. The number of hydrogen-bond donors (Lipinski definition) is 7. The third-order valence-corrected chi connectivity index (χ3v) is 5.18. The summed E-state index contributed by atoms with van der Waals surface area (Å²) in [5, 5.41) is 25.8. The topological polar surface area (TPSA) is 188 Å². The Bertz CT molecular complexity index is 866. The molecule has 0 aliphatic carbocycles.